The number of aliphatic carboxylic acids is 1. The van der Waals surface area contributed by atoms with Gasteiger partial charge in [-0.25, -0.2) is 4.79 Å². The van der Waals surface area contributed by atoms with Gasteiger partial charge in [-0.3, -0.25) is 4.79 Å². The third kappa shape index (κ3) is 4.34. The van der Waals surface area contributed by atoms with Gasteiger partial charge in [-0.1, -0.05) is 12.8 Å². The number of amides is 1. The molecule has 17 heavy (non-hydrogen) atoms. The normalized spacial score (nSPS) is 22.9. The molecule has 5 nitrogen and oxygen atoms in total. The van der Waals surface area contributed by atoms with E-state index in [1.54, 1.807) is 0 Å². The minimum Gasteiger partial charge on any atom is -0.480 e. The molecule has 0 aromatic carbocycles. The third-order valence-corrected chi connectivity index (χ3v) is 3.17. The van der Waals surface area contributed by atoms with Crippen LogP contribution in [0.5, 0.6) is 0 Å². The molecule has 1 fully saturated rings. The summed E-state index contributed by atoms with van der Waals surface area (Å²) in [5.41, 5.74) is 5.61. The Balaban J connectivity index is 2.62. The van der Waals surface area contributed by atoms with E-state index in [0.29, 0.717) is 25.8 Å². The number of hydrogen-bond acceptors (Lipinski definition) is 3. The van der Waals surface area contributed by atoms with Gasteiger partial charge in [0.1, 0.15) is 6.04 Å². The Bertz CT molecular complexity index is 279. The maximum absolute atomic E-state index is 12.0. The average Bonchev–Trinajstić information content (AvgIpc) is 2.50. The van der Waals surface area contributed by atoms with Gasteiger partial charge in [0.25, 0.3) is 0 Å². The summed E-state index contributed by atoms with van der Waals surface area (Å²) in [7, 11) is 0. The van der Waals surface area contributed by atoms with Gasteiger partial charge < -0.3 is 15.7 Å². The molecular formula is C12H22N2O3. The first-order valence-electron chi connectivity index (χ1n) is 6.30. The average molecular weight is 242 g/mol. The van der Waals surface area contributed by atoms with Crippen molar-refractivity contribution in [2.24, 2.45) is 5.73 Å². The van der Waals surface area contributed by atoms with Crippen molar-refractivity contribution < 1.29 is 14.7 Å². The SMILES string of the molecule is CC(N)CCC(=O)N1CCCCCC1C(=O)O. The summed E-state index contributed by atoms with van der Waals surface area (Å²) < 4.78 is 0. The molecule has 0 radical (unpaired) electrons. The Labute approximate surface area is 102 Å². The minimum atomic E-state index is -0.888. The van der Waals surface area contributed by atoms with Gasteiger partial charge in [-0.15, -0.1) is 0 Å². The number of nitrogens with two attached hydrogens (primary N) is 1. The topological polar surface area (TPSA) is 83.6 Å². The molecule has 1 heterocycles. The van der Waals surface area contributed by atoms with Crippen LogP contribution in [-0.4, -0.2) is 40.5 Å². The Kier molecular flexibility index (Phi) is 5.41. The number of carboxylic acids is 1. The molecule has 0 bridgehead atoms. The summed E-state index contributed by atoms with van der Waals surface area (Å²) in [6, 6.07) is -0.660. The zero-order chi connectivity index (χ0) is 12.8. The van der Waals surface area contributed by atoms with Crippen LogP contribution in [0.4, 0.5) is 0 Å². The van der Waals surface area contributed by atoms with Gasteiger partial charge in [0.15, 0.2) is 0 Å². The highest BCUT2D eigenvalue weighted by atomic mass is 16.4. The van der Waals surface area contributed by atoms with Crippen LogP contribution in [-0.2, 0) is 9.59 Å². The van der Waals surface area contributed by atoms with E-state index in [9.17, 15) is 9.59 Å². The number of carbonyl (C=O) groups excluding carboxylic acids is 1. The number of likely N-dealkylation sites (tertiary alicyclic amines) is 1. The molecule has 2 unspecified atom stereocenters. The van der Waals surface area contributed by atoms with E-state index in [4.69, 9.17) is 10.8 Å². The van der Waals surface area contributed by atoms with Crippen molar-refractivity contribution in [2.45, 2.75) is 57.5 Å². The highest BCUT2D eigenvalue weighted by Crippen LogP contribution is 2.18. The quantitative estimate of drug-likeness (QED) is 0.769. The molecule has 1 rings (SSSR count). The van der Waals surface area contributed by atoms with Crippen LogP contribution >= 0.6 is 0 Å². The van der Waals surface area contributed by atoms with Gasteiger partial charge >= 0.3 is 5.97 Å². The Morgan fingerprint density at radius 1 is 1.41 bits per heavy atom. The smallest absolute Gasteiger partial charge is 0.326 e. The summed E-state index contributed by atoms with van der Waals surface area (Å²) in [5.74, 6) is -0.961. The molecule has 0 spiro atoms. The predicted molar refractivity (Wildman–Crippen MR) is 64.5 cm³/mol. The lowest BCUT2D eigenvalue weighted by Gasteiger charge is -2.27. The summed E-state index contributed by atoms with van der Waals surface area (Å²) in [6.07, 6.45) is 4.31. The van der Waals surface area contributed by atoms with Gasteiger partial charge in [0.2, 0.25) is 5.91 Å². The Morgan fingerprint density at radius 3 is 2.71 bits per heavy atom. The fourth-order valence-electron chi connectivity index (χ4n) is 2.16. The lowest BCUT2D eigenvalue weighted by molar-refractivity contribution is -0.150. The molecule has 2 atom stereocenters. The van der Waals surface area contributed by atoms with Crippen LogP contribution in [0.3, 0.4) is 0 Å². The van der Waals surface area contributed by atoms with Crippen molar-refractivity contribution in [3.63, 3.8) is 0 Å². The molecule has 0 aromatic heterocycles. The highest BCUT2D eigenvalue weighted by Gasteiger charge is 2.30. The summed E-state index contributed by atoms with van der Waals surface area (Å²) >= 11 is 0. The number of nitrogens with zero attached hydrogens (tertiary/aromatic N) is 1. The molecular weight excluding hydrogens is 220 g/mol. The Hall–Kier alpha value is -1.10. The standard InChI is InChI=1S/C12H22N2O3/c1-9(13)6-7-11(15)14-8-4-2-3-5-10(14)12(16)17/h9-10H,2-8,13H2,1H3,(H,16,17). The molecule has 1 amide bonds. The first-order chi connectivity index (χ1) is 8.02. The molecule has 0 saturated carbocycles. The van der Waals surface area contributed by atoms with E-state index in [1.807, 2.05) is 6.92 Å². The van der Waals surface area contributed by atoms with Crippen molar-refractivity contribution in [1.29, 1.82) is 0 Å². The third-order valence-electron chi connectivity index (χ3n) is 3.17. The highest BCUT2D eigenvalue weighted by molar-refractivity contribution is 5.83. The number of carboxylic acid groups (broad SMARTS) is 1. The van der Waals surface area contributed by atoms with E-state index in [0.717, 1.165) is 19.3 Å². The van der Waals surface area contributed by atoms with Gasteiger partial charge in [-0.05, 0) is 26.2 Å². The van der Waals surface area contributed by atoms with Gasteiger partial charge in [0, 0.05) is 19.0 Å². The maximum atomic E-state index is 12.0. The second-order valence-corrected chi connectivity index (χ2v) is 4.81. The second-order valence-electron chi connectivity index (χ2n) is 4.81. The molecule has 98 valence electrons. The Morgan fingerprint density at radius 2 is 2.12 bits per heavy atom. The van der Waals surface area contributed by atoms with Crippen molar-refractivity contribution in [3.05, 3.63) is 0 Å². The van der Waals surface area contributed by atoms with Gasteiger partial charge in [-0.2, -0.15) is 0 Å². The van der Waals surface area contributed by atoms with Crippen molar-refractivity contribution in [3.8, 4) is 0 Å². The molecule has 1 saturated heterocycles. The number of hydrogen-bond donors (Lipinski definition) is 2. The summed E-state index contributed by atoms with van der Waals surface area (Å²) in [6.45, 7) is 2.42. The van der Waals surface area contributed by atoms with Crippen molar-refractivity contribution >= 4 is 11.9 Å². The first kappa shape index (κ1) is 14.0. The van der Waals surface area contributed by atoms with Crippen LogP contribution in [0, 0.1) is 0 Å². The molecule has 0 aliphatic carbocycles. The van der Waals surface area contributed by atoms with Crippen molar-refractivity contribution in [2.75, 3.05) is 6.54 Å². The largest absolute Gasteiger partial charge is 0.480 e. The molecule has 5 heteroatoms. The van der Waals surface area contributed by atoms with E-state index in [2.05, 4.69) is 0 Å². The lowest BCUT2D eigenvalue weighted by Crippen LogP contribution is -2.44. The van der Waals surface area contributed by atoms with Crippen LogP contribution in [0.1, 0.15) is 45.4 Å². The molecule has 0 aromatic rings. The maximum Gasteiger partial charge on any atom is 0.326 e. The zero-order valence-corrected chi connectivity index (χ0v) is 10.4. The molecule has 1 aliphatic rings. The second kappa shape index (κ2) is 6.59. The van der Waals surface area contributed by atoms with E-state index in [-0.39, 0.29) is 11.9 Å². The van der Waals surface area contributed by atoms with E-state index < -0.39 is 12.0 Å². The van der Waals surface area contributed by atoms with Gasteiger partial charge in [0.05, 0.1) is 0 Å². The summed E-state index contributed by atoms with van der Waals surface area (Å²) in [5, 5.41) is 9.14. The van der Waals surface area contributed by atoms with E-state index >= 15 is 0 Å². The monoisotopic (exact) mass is 242 g/mol. The predicted octanol–water partition coefficient (Wildman–Crippen LogP) is 0.970. The fourth-order valence-corrected chi connectivity index (χ4v) is 2.16. The van der Waals surface area contributed by atoms with Crippen LogP contribution in [0.25, 0.3) is 0 Å². The van der Waals surface area contributed by atoms with Crippen LogP contribution in [0.15, 0.2) is 0 Å². The van der Waals surface area contributed by atoms with Crippen LogP contribution < -0.4 is 5.73 Å². The zero-order valence-electron chi connectivity index (χ0n) is 10.4. The lowest BCUT2D eigenvalue weighted by atomic mass is 10.1. The summed E-state index contributed by atoms with van der Waals surface area (Å²) in [4.78, 5) is 24.6. The number of rotatable bonds is 4. The fraction of sp³-hybridized carbons (Fsp3) is 0.833. The number of carbonyl (C=O) groups is 2. The molecule has 3 N–H and O–H groups in total. The van der Waals surface area contributed by atoms with Crippen LogP contribution in [0.2, 0.25) is 0 Å². The molecule has 1 aliphatic heterocycles. The van der Waals surface area contributed by atoms with Crippen molar-refractivity contribution in [1.82, 2.24) is 4.90 Å². The first-order valence-corrected chi connectivity index (χ1v) is 6.30. The minimum absolute atomic E-state index is 0.0193. The van der Waals surface area contributed by atoms with E-state index in [1.165, 1.54) is 4.90 Å².